The summed E-state index contributed by atoms with van der Waals surface area (Å²) >= 11 is 0. The number of fused-ring (bicyclic) bond motifs is 1. The molecule has 2 fully saturated rings. The third-order valence-electron chi connectivity index (χ3n) is 5.46. The number of amides is 1. The topological polar surface area (TPSA) is 66.9 Å². The number of hydrogen-bond donors (Lipinski definition) is 0. The fraction of sp³-hybridized carbons (Fsp3) is 0.381. The van der Waals surface area contributed by atoms with Gasteiger partial charge in [-0.25, -0.2) is 12.8 Å². The van der Waals surface area contributed by atoms with E-state index in [1.54, 1.807) is 52.3 Å². The van der Waals surface area contributed by atoms with Crippen LogP contribution < -0.4 is 9.64 Å². The third kappa shape index (κ3) is 4.00. The second-order valence-electron chi connectivity index (χ2n) is 7.40. The van der Waals surface area contributed by atoms with Crippen molar-refractivity contribution in [2.75, 3.05) is 29.6 Å². The summed E-state index contributed by atoms with van der Waals surface area (Å²) in [5, 5.41) is 0. The van der Waals surface area contributed by atoms with E-state index < -0.39 is 15.9 Å². The lowest BCUT2D eigenvalue weighted by molar-refractivity contribution is -0.123. The Morgan fingerprint density at radius 3 is 2.45 bits per heavy atom. The molecule has 2 aromatic carbocycles. The van der Waals surface area contributed by atoms with Crippen LogP contribution in [0.3, 0.4) is 0 Å². The van der Waals surface area contributed by atoms with Crippen molar-refractivity contribution < 1.29 is 22.3 Å². The fourth-order valence-electron chi connectivity index (χ4n) is 4.18. The van der Waals surface area contributed by atoms with Crippen LogP contribution in [0.25, 0.3) is 0 Å². The molecule has 0 bridgehead atoms. The number of nitrogens with zero attached hydrogens (tertiary/aromatic N) is 2. The fourth-order valence-corrected chi connectivity index (χ4v) is 6.16. The highest BCUT2D eigenvalue weighted by atomic mass is 32.2. The van der Waals surface area contributed by atoms with Crippen molar-refractivity contribution in [1.82, 2.24) is 4.90 Å². The summed E-state index contributed by atoms with van der Waals surface area (Å²) in [6.45, 7) is 2.67. The molecular formula is C21H23FN2O4S. The molecule has 0 N–H and O–H groups in total. The minimum atomic E-state index is -3.30. The van der Waals surface area contributed by atoms with Gasteiger partial charge in [0, 0.05) is 23.8 Å². The van der Waals surface area contributed by atoms with E-state index in [4.69, 9.17) is 4.74 Å². The van der Waals surface area contributed by atoms with Gasteiger partial charge in [0.15, 0.2) is 9.84 Å². The third-order valence-corrected chi connectivity index (χ3v) is 7.16. The Morgan fingerprint density at radius 1 is 1.07 bits per heavy atom. The SMILES string of the molecule is CCOc1ccc(N2C(=O)CN(Cc3ccccc3F)[C@H]3CS(=O)(=O)C[C@H]32)cc1. The van der Waals surface area contributed by atoms with Gasteiger partial charge >= 0.3 is 0 Å². The minimum Gasteiger partial charge on any atom is -0.494 e. The van der Waals surface area contributed by atoms with Crippen molar-refractivity contribution in [1.29, 1.82) is 0 Å². The molecule has 2 aliphatic heterocycles. The van der Waals surface area contributed by atoms with Gasteiger partial charge in [0.1, 0.15) is 11.6 Å². The van der Waals surface area contributed by atoms with Gasteiger partial charge in [0.2, 0.25) is 5.91 Å². The van der Waals surface area contributed by atoms with E-state index in [1.807, 2.05) is 6.92 Å². The number of ether oxygens (including phenoxy) is 1. The summed E-state index contributed by atoms with van der Waals surface area (Å²) in [6, 6.07) is 12.6. The lowest BCUT2D eigenvalue weighted by Gasteiger charge is -2.43. The summed E-state index contributed by atoms with van der Waals surface area (Å²) in [4.78, 5) is 16.4. The zero-order valence-electron chi connectivity index (χ0n) is 16.1. The monoisotopic (exact) mass is 418 g/mol. The van der Waals surface area contributed by atoms with Gasteiger partial charge in [-0.15, -0.1) is 0 Å². The van der Waals surface area contributed by atoms with Crippen LogP contribution >= 0.6 is 0 Å². The van der Waals surface area contributed by atoms with Crippen LogP contribution in [-0.4, -0.2) is 56.0 Å². The van der Waals surface area contributed by atoms with E-state index in [1.165, 1.54) is 6.07 Å². The minimum absolute atomic E-state index is 0.0348. The molecule has 0 spiro atoms. The molecule has 0 aromatic heterocycles. The Morgan fingerprint density at radius 2 is 1.76 bits per heavy atom. The predicted molar refractivity (Wildman–Crippen MR) is 108 cm³/mol. The zero-order chi connectivity index (χ0) is 20.6. The highest BCUT2D eigenvalue weighted by molar-refractivity contribution is 7.91. The average Bonchev–Trinajstić information content (AvgIpc) is 3.00. The summed E-state index contributed by atoms with van der Waals surface area (Å²) < 4.78 is 44.4. The van der Waals surface area contributed by atoms with E-state index in [2.05, 4.69) is 0 Å². The smallest absolute Gasteiger partial charge is 0.241 e. The number of carbonyl (C=O) groups is 1. The van der Waals surface area contributed by atoms with Crippen molar-refractivity contribution in [3.05, 3.63) is 59.9 Å². The second kappa shape index (κ2) is 7.76. The van der Waals surface area contributed by atoms with Crippen molar-refractivity contribution in [3.63, 3.8) is 0 Å². The molecule has 0 aliphatic carbocycles. The molecule has 2 atom stereocenters. The van der Waals surface area contributed by atoms with Crippen molar-refractivity contribution in [3.8, 4) is 5.75 Å². The van der Waals surface area contributed by atoms with E-state index in [0.717, 1.165) is 0 Å². The average molecular weight is 418 g/mol. The zero-order valence-corrected chi connectivity index (χ0v) is 16.9. The summed E-state index contributed by atoms with van der Waals surface area (Å²) in [6.07, 6.45) is 0. The molecule has 2 heterocycles. The number of hydrogen-bond acceptors (Lipinski definition) is 5. The second-order valence-corrected chi connectivity index (χ2v) is 9.55. The van der Waals surface area contributed by atoms with Crippen molar-refractivity contribution in [2.45, 2.75) is 25.6 Å². The summed E-state index contributed by atoms with van der Waals surface area (Å²) in [5.41, 5.74) is 1.11. The van der Waals surface area contributed by atoms with Gasteiger partial charge in [-0.3, -0.25) is 9.69 Å². The normalized spacial score (nSPS) is 23.8. The van der Waals surface area contributed by atoms with Gasteiger partial charge in [-0.05, 0) is 37.3 Å². The molecule has 2 aliphatic rings. The number of sulfone groups is 1. The molecule has 6 nitrogen and oxygen atoms in total. The molecule has 8 heteroatoms. The Kier molecular flexibility index (Phi) is 5.31. The Balaban J connectivity index is 1.64. The van der Waals surface area contributed by atoms with Crippen molar-refractivity contribution >= 4 is 21.4 Å². The highest BCUT2D eigenvalue weighted by Crippen LogP contribution is 2.33. The first kappa shape index (κ1) is 19.8. The van der Waals surface area contributed by atoms with Crippen LogP contribution in [0.4, 0.5) is 10.1 Å². The van der Waals surface area contributed by atoms with Crippen LogP contribution in [0, 0.1) is 5.82 Å². The Labute approximate surface area is 169 Å². The number of carbonyl (C=O) groups excluding carboxylic acids is 1. The first-order valence-electron chi connectivity index (χ1n) is 9.61. The number of rotatable bonds is 5. The van der Waals surface area contributed by atoms with Crippen LogP contribution in [0.15, 0.2) is 48.5 Å². The van der Waals surface area contributed by atoms with Gasteiger partial charge in [0.25, 0.3) is 0 Å². The Bertz CT molecular complexity index is 1010. The highest BCUT2D eigenvalue weighted by Gasteiger charge is 2.49. The van der Waals surface area contributed by atoms with E-state index in [0.29, 0.717) is 23.6 Å². The first-order valence-corrected chi connectivity index (χ1v) is 11.4. The molecule has 2 aromatic rings. The first-order chi connectivity index (χ1) is 13.9. The maximum Gasteiger partial charge on any atom is 0.241 e. The van der Waals surface area contributed by atoms with Gasteiger partial charge in [0.05, 0.1) is 30.7 Å². The molecule has 4 rings (SSSR count). The van der Waals surface area contributed by atoms with Crippen LogP contribution in [-0.2, 0) is 21.2 Å². The van der Waals surface area contributed by atoms with Gasteiger partial charge in [-0.2, -0.15) is 0 Å². The lowest BCUT2D eigenvalue weighted by atomic mass is 10.0. The molecule has 29 heavy (non-hydrogen) atoms. The maximum atomic E-state index is 14.1. The number of piperazine rings is 1. The van der Waals surface area contributed by atoms with Crippen molar-refractivity contribution in [2.24, 2.45) is 0 Å². The molecular weight excluding hydrogens is 395 g/mol. The largest absolute Gasteiger partial charge is 0.494 e. The van der Waals surface area contributed by atoms with E-state index in [9.17, 15) is 17.6 Å². The Hall–Kier alpha value is -2.45. The maximum absolute atomic E-state index is 14.1. The molecule has 0 saturated carbocycles. The van der Waals surface area contributed by atoms with Gasteiger partial charge in [-0.1, -0.05) is 18.2 Å². The quantitative estimate of drug-likeness (QED) is 0.745. The van der Waals surface area contributed by atoms with Crippen LogP contribution in [0.1, 0.15) is 12.5 Å². The number of halogens is 1. The summed E-state index contributed by atoms with van der Waals surface area (Å²) in [7, 11) is -3.30. The van der Waals surface area contributed by atoms with E-state index >= 15 is 0 Å². The molecule has 2 saturated heterocycles. The number of benzene rings is 2. The van der Waals surface area contributed by atoms with Gasteiger partial charge < -0.3 is 9.64 Å². The lowest BCUT2D eigenvalue weighted by Crippen LogP contribution is -2.61. The molecule has 0 radical (unpaired) electrons. The summed E-state index contributed by atoms with van der Waals surface area (Å²) in [5.74, 6) is 0.0183. The van der Waals surface area contributed by atoms with E-state index in [-0.39, 0.29) is 42.4 Å². The van der Waals surface area contributed by atoms with Crippen LogP contribution in [0.5, 0.6) is 5.75 Å². The number of anilines is 1. The standard InChI is InChI=1S/C21H23FN2O4S/c1-2-28-17-9-7-16(8-10-17)24-20-14-29(26,27)13-19(20)23(12-21(24)25)11-15-5-3-4-6-18(15)22/h3-10,19-20H,2,11-14H2,1H3/t19-,20+/m0/s1. The molecule has 1 amide bonds. The molecule has 154 valence electrons. The van der Waals surface area contributed by atoms with Crippen LogP contribution in [0.2, 0.25) is 0 Å². The predicted octanol–water partition coefficient (Wildman–Crippen LogP) is 2.24. The molecule has 0 unspecified atom stereocenters.